The van der Waals surface area contributed by atoms with E-state index >= 15 is 0 Å². The number of nitrogens with zero attached hydrogens (tertiary/aromatic N) is 1. The van der Waals surface area contributed by atoms with Gasteiger partial charge in [0.05, 0.1) is 18.8 Å². The van der Waals surface area contributed by atoms with Crippen LogP contribution in [0.2, 0.25) is 0 Å². The molecule has 4 amide bonds. The Morgan fingerprint density at radius 1 is 0.494 bits per heavy atom. The monoisotopic (exact) mass is 1110 g/mol. The minimum Gasteiger partial charge on any atom is -0.460 e. The molecule has 3 atom stereocenters. The first-order chi connectivity index (χ1) is 38.3. The van der Waals surface area contributed by atoms with Crippen LogP contribution in [0.5, 0.6) is 0 Å². The zero-order valence-corrected chi connectivity index (χ0v) is 45.0. The van der Waals surface area contributed by atoms with Crippen molar-refractivity contribution in [2.45, 2.75) is 116 Å². The summed E-state index contributed by atoms with van der Waals surface area (Å²) in [5.41, 5.74) is 3.14. The van der Waals surface area contributed by atoms with Crippen molar-refractivity contribution in [3.63, 3.8) is 0 Å². The molecule has 4 aromatic carbocycles. The lowest BCUT2D eigenvalue weighted by atomic mass is 10.1. The fraction of sp³-hybridized carbons (Fsp3) is 0.379. The largest absolute Gasteiger partial charge is 0.460 e. The van der Waals surface area contributed by atoms with Crippen LogP contribution in [0.15, 0.2) is 140 Å². The summed E-state index contributed by atoms with van der Waals surface area (Å²) in [4.78, 5) is 94.6. The van der Waals surface area contributed by atoms with Crippen LogP contribution in [0.4, 0.5) is 4.39 Å². The third-order valence-corrected chi connectivity index (χ3v) is 13.4. The van der Waals surface area contributed by atoms with E-state index in [0.29, 0.717) is 74.7 Å². The van der Waals surface area contributed by atoms with Crippen molar-refractivity contribution in [1.82, 2.24) is 31.3 Å². The molecule has 0 radical (unpaired) electrons. The molecule has 0 aliphatic carbocycles. The van der Waals surface area contributed by atoms with E-state index in [2.05, 4.69) is 31.3 Å². The number of halogens is 1. The molecule has 5 rings (SSSR count). The summed E-state index contributed by atoms with van der Waals surface area (Å²) in [5.74, 6) is -4.41. The molecule has 0 aliphatic rings. The molecule has 1 aromatic heterocycles. The molecule has 0 spiro atoms. The molecular weight excluding hydrogens is 1040 g/mol. The Bertz CT molecular complexity index is 2690. The highest BCUT2D eigenvalue weighted by molar-refractivity contribution is 7.51. The van der Waals surface area contributed by atoms with Crippen molar-refractivity contribution in [3.05, 3.63) is 173 Å². The standard InChI is InChI=1S/C58H70FN6O13P/c59-51-33-31-48(38-62-51)56(70)61-36-18-5-15-29-52(66)60-35-17-6-16-30-53(67)65-50(58(72)76-42-46-24-11-3-12-25-46)32-34-54(68)64-49(57(71)75-41-45-22-9-2-10-23-45)28-19-37-77-79(73,78-43-47-26-13-4-14-27-47)63-39-55(69)74-40-44-20-7-1-8-21-44/h1-4,7-14,20-27,31,33,38,49-50H,5-6,15-19,28-30,32,34-37,39-43H2,(H,60,66)(H,61,70)(H,63,73)(H,64,68)(H,65,67). The number of pyridine rings is 1. The molecule has 5 aromatic rings. The number of rotatable bonds is 37. The van der Waals surface area contributed by atoms with Gasteiger partial charge >= 0.3 is 25.7 Å². The Morgan fingerprint density at radius 3 is 1.51 bits per heavy atom. The number of esters is 3. The third-order valence-electron chi connectivity index (χ3n) is 11.9. The second-order valence-corrected chi connectivity index (χ2v) is 20.1. The summed E-state index contributed by atoms with van der Waals surface area (Å²) in [5, 5.41) is 13.6. The van der Waals surface area contributed by atoms with Gasteiger partial charge in [-0.15, -0.1) is 0 Å². The third kappa shape index (κ3) is 26.0. The van der Waals surface area contributed by atoms with Gasteiger partial charge in [-0.2, -0.15) is 4.39 Å². The molecular formula is C58H70FN6O13P. The minimum absolute atomic E-state index is 0.00237. The van der Waals surface area contributed by atoms with Crippen LogP contribution in [0, 0.1) is 5.95 Å². The number of amides is 4. The zero-order chi connectivity index (χ0) is 56.3. The van der Waals surface area contributed by atoms with Crippen LogP contribution in [0.25, 0.3) is 0 Å². The topological polar surface area (TPSA) is 256 Å². The Hall–Kier alpha value is -7.64. The number of benzene rings is 4. The van der Waals surface area contributed by atoms with Gasteiger partial charge in [0.1, 0.15) is 38.4 Å². The second-order valence-electron chi connectivity index (χ2n) is 18.3. The summed E-state index contributed by atoms with van der Waals surface area (Å²) >= 11 is 0. The first-order valence-electron chi connectivity index (χ1n) is 26.4. The van der Waals surface area contributed by atoms with Crippen LogP contribution in [-0.4, -0.2) is 84.8 Å². The van der Waals surface area contributed by atoms with Crippen molar-refractivity contribution in [1.29, 1.82) is 0 Å². The maximum Gasteiger partial charge on any atom is 0.406 e. The molecule has 0 fully saturated rings. The van der Waals surface area contributed by atoms with E-state index in [9.17, 15) is 42.5 Å². The van der Waals surface area contributed by atoms with E-state index in [-0.39, 0.29) is 82.5 Å². The number of nitrogens with one attached hydrogen (secondary N) is 5. The number of hydrogen-bond donors (Lipinski definition) is 5. The Labute approximate surface area is 460 Å². The van der Waals surface area contributed by atoms with E-state index < -0.39 is 62.0 Å². The van der Waals surface area contributed by atoms with Crippen LogP contribution in [0.1, 0.15) is 110 Å². The van der Waals surface area contributed by atoms with Crippen LogP contribution in [0.3, 0.4) is 0 Å². The predicted molar refractivity (Wildman–Crippen MR) is 290 cm³/mol. The van der Waals surface area contributed by atoms with Gasteiger partial charge in [0.2, 0.25) is 23.7 Å². The first-order valence-corrected chi connectivity index (χ1v) is 27.9. The number of hydrogen-bond acceptors (Lipinski definition) is 14. The fourth-order valence-corrected chi connectivity index (χ4v) is 8.82. The number of carbonyl (C=O) groups excluding carboxylic acids is 7. The predicted octanol–water partition coefficient (Wildman–Crippen LogP) is 7.88. The minimum atomic E-state index is -4.16. The molecule has 1 heterocycles. The summed E-state index contributed by atoms with van der Waals surface area (Å²) in [6.45, 7) is -0.193. The lowest BCUT2D eigenvalue weighted by molar-refractivity contribution is -0.150. The molecule has 5 N–H and O–H groups in total. The van der Waals surface area contributed by atoms with Crippen molar-refractivity contribution in [2.24, 2.45) is 0 Å². The van der Waals surface area contributed by atoms with Crippen molar-refractivity contribution in [3.8, 4) is 0 Å². The van der Waals surface area contributed by atoms with Gasteiger partial charge in [0.15, 0.2) is 0 Å². The van der Waals surface area contributed by atoms with Crippen LogP contribution < -0.4 is 26.4 Å². The van der Waals surface area contributed by atoms with Gasteiger partial charge in [-0.3, -0.25) is 33.0 Å². The quantitative estimate of drug-likeness (QED) is 0.00834. The Kier molecular flexibility index (Phi) is 28.1. The first kappa shape index (κ1) is 62.2. The normalized spacial score (nSPS) is 12.4. The van der Waals surface area contributed by atoms with E-state index in [4.69, 9.17) is 23.3 Å². The highest BCUT2D eigenvalue weighted by atomic mass is 31.2. The lowest BCUT2D eigenvalue weighted by Crippen LogP contribution is -2.45. The van der Waals surface area contributed by atoms with E-state index in [0.717, 1.165) is 11.6 Å². The zero-order valence-electron chi connectivity index (χ0n) is 44.2. The van der Waals surface area contributed by atoms with Crippen LogP contribution >= 0.6 is 7.75 Å². The average Bonchev–Trinajstić information content (AvgIpc) is 3.47. The number of unbranched alkanes of at least 4 members (excludes halogenated alkanes) is 4. The maximum atomic E-state index is 14.0. The van der Waals surface area contributed by atoms with Crippen molar-refractivity contribution >= 4 is 49.3 Å². The van der Waals surface area contributed by atoms with Gasteiger partial charge in [-0.05, 0) is 79.3 Å². The van der Waals surface area contributed by atoms with Gasteiger partial charge in [0.25, 0.3) is 5.91 Å². The Balaban J connectivity index is 1.09. The molecule has 0 saturated heterocycles. The lowest BCUT2D eigenvalue weighted by Gasteiger charge is -2.21. The second kappa shape index (κ2) is 35.7. The maximum absolute atomic E-state index is 14.0. The van der Waals surface area contributed by atoms with E-state index in [1.165, 1.54) is 12.3 Å². The molecule has 79 heavy (non-hydrogen) atoms. The summed E-state index contributed by atoms with van der Waals surface area (Å²) in [6, 6.07) is 35.9. The molecule has 3 unspecified atom stereocenters. The van der Waals surface area contributed by atoms with Crippen molar-refractivity contribution < 1.29 is 65.8 Å². The van der Waals surface area contributed by atoms with Gasteiger partial charge in [-0.1, -0.05) is 134 Å². The molecule has 0 saturated carbocycles. The average molecular weight is 1110 g/mol. The molecule has 0 bridgehead atoms. The Morgan fingerprint density at radius 2 is 0.975 bits per heavy atom. The number of ether oxygens (including phenoxy) is 3. The highest BCUT2D eigenvalue weighted by Gasteiger charge is 2.29. The summed E-state index contributed by atoms with van der Waals surface area (Å²) in [6.07, 6.45) is 4.77. The van der Waals surface area contributed by atoms with E-state index in [1.807, 2.05) is 36.4 Å². The fourth-order valence-electron chi connectivity index (χ4n) is 7.55. The highest BCUT2D eigenvalue weighted by Crippen LogP contribution is 2.44. The number of carbonyl (C=O) groups is 7. The van der Waals surface area contributed by atoms with Gasteiger partial charge in [0, 0.05) is 38.5 Å². The summed E-state index contributed by atoms with van der Waals surface area (Å²) < 4.78 is 54.9. The van der Waals surface area contributed by atoms with Gasteiger partial charge < -0.3 is 35.5 Å². The smallest absolute Gasteiger partial charge is 0.406 e. The SMILES string of the molecule is O=C(CCCCCNC(=O)c1ccc(F)nc1)NCCCCCC(=O)NC(CCC(=O)NC(CCCOP(=O)(NCC(=O)OCc1ccccc1)OCc1ccccc1)C(=O)OCc1ccccc1)C(=O)OCc1ccccc1. The molecule has 21 heteroatoms. The molecule has 19 nitrogen and oxygen atoms in total. The molecule has 422 valence electrons. The van der Waals surface area contributed by atoms with E-state index in [1.54, 1.807) is 84.9 Å². The van der Waals surface area contributed by atoms with Crippen molar-refractivity contribution in [2.75, 3.05) is 26.2 Å². The van der Waals surface area contributed by atoms with Crippen LogP contribution in [-0.2, 0) is 83.0 Å². The number of aromatic nitrogens is 1. The summed E-state index contributed by atoms with van der Waals surface area (Å²) in [7, 11) is -4.16. The van der Waals surface area contributed by atoms with Gasteiger partial charge in [-0.25, -0.2) is 24.2 Å². The molecule has 0 aliphatic heterocycles.